The zero-order valence-corrected chi connectivity index (χ0v) is 29.8. The maximum Gasteiger partial charge on any atom is 0.229 e. The highest BCUT2D eigenvalue weighted by Gasteiger charge is 2.27. The summed E-state index contributed by atoms with van der Waals surface area (Å²) in [5.41, 5.74) is 4.41. The minimum Gasteiger partial charge on any atom is -0.494 e. The van der Waals surface area contributed by atoms with Crippen LogP contribution in [0.4, 0.5) is 34.5 Å². The number of sulfonamides is 1. The van der Waals surface area contributed by atoms with Gasteiger partial charge in [-0.3, -0.25) is 19.6 Å². The van der Waals surface area contributed by atoms with Gasteiger partial charge in [-0.15, -0.1) is 0 Å². The fourth-order valence-corrected chi connectivity index (χ4v) is 7.25. The van der Waals surface area contributed by atoms with E-state index in [0.29, 0.717) is 50.4 Å². The number of hydrogen-bond acceptors (Lipinski definition) is 12. The minimum absolute atomic E-state index is 0.263. The Kier molecular flexibility index (Phi) is 10.3. The van der Waals surface area contributed by atoms with Crippen LogP contribution in [0.25, 0.3) is 17.1 Å². The second kappa shape index (κ2) is 14.6. The fourth-order valence-electron chi connectivity index (χ4n) is 6.39. The summed E-state index contributed by atoms with van der Waals surface area (Å²) in [4.78, 5) is 25.4. The van der Waals surface area contributed by atoms with Gasteiger partial charge in [0, 0.05) is 62.6 Å². The highest BCUT2D eigenvalue weighted by Crippen LogP contribution is 2.38. The number of rotatable bonds is 10. The van der Waals surface area contributed by atoms with Gasteiger partial charge in [-0.2, -0.15) is 4.98 Å². The van der Waals surface area contributed by atoms with Gasteiger partial charge in [0.05, 0.1) is 40.4 Å². The van der Waals surface area contributed by atoms with Gasteiger partial charge < -0.3 is 25.2 Å². The molecule has 0 aliphatic carbocycles. The number of anilines is 6. The molecular weight excluding hydrogens is 696 g/mol. The smallest absolute Gasteiger partial charge is 0.229 e. The van der Waals surface area contributed by atoms with Crippen molar-refractivity contribution in [2.24, 2.45) is 0 Å². The van der Waals surface area contributed by atoms with Gasteiger partial charge in [0.2, 0.25) is 16.0 Å². The van der Waals surface area contributed by atoms with Crippen LogP contribution in [0.3, 0.4) is 0 Å². The number of hydrogen-bond donors (Lipinski definition) is 3. The molecule has 0 bridgehead atoms. The summed E-state index contributed by atoms with van der Waals surface area (Å²) in [7, 11) is 0.239. The Labute approximate surface area is 290 Å². The standard InChI is InChI=1S/C33H41BrN10O3S/c1-5-22-19-27(29(47-3)20-28(22)44-15-9-23(10-16-44)43-14-6-13-42(2)17-18-43)39-33-37-21-24(34)32(40-33)38-26-8-7-25-30(36-12-11-35-25)31(26)41-48(4,45)46/h5,7-8,11-12,19-21,23,41H,1,6,9-10,13-18H2,2-4H3,(H2,37,38,39,40). The molecule has 6 rings (SSSR count). The van der Waals surface area contributed by atoms with Gasteiger partial charge in [0.15, 0.2) is 0 Å². The van der Waals surface area contributed by atoms with Crippen molar-refractivity contribution in [2.45, 2.75) is 25.3 Å². The molecule has 3 N–H and O–H groups in total. The van der Waals surface area contributed by atoms with Crippen LogP contribution in [0.1, 0.15) is 24.8 Å². The molecule has 0 saturated carbocycles. The van der Waals surface area contributed by atoms with Crippen LogP contribution in [0.5, 0.6) is 5.75 Å². The molecule has 4 heterocycles. The molecule has 13 nitrogen and oxygen atoms in total. The van der Waals surface area contributed by atoms with E-state index in [-0.39, 0.29) is 5.69 Å². The van der Waals surface area contributed by atoms with Crippen molar-refractivity contribution in [1.29, 1.82) is 0 Å². The predicted molar refractivity (Wildman–Crippen MR) is 196 cm³/mol. The first kappa shape index (κ1) is 33.8. The molecule has 48 heavy (non-hydrogen) atoms. The molecule has 0 atom stereocenters. The van der Waals surface area contributed by atoms with E-state index in [1.807, 2.05) is 12.1 Å². The lowest BCUT2D eigenvalue weighted by atomic mass is 10.0. The van der Waals surface area contributed by atoms with Gasteiger partial charge in [0.25, 0.3) is 0 Å². The summed E-state index contributed by atoms with van der Waals surface area (Å²) < 4.78 is 33.5. The Morgan fingerprint density at radius 3 is 2.54 bits per heavy atom. The molecular formula is C33H41BrN10O3S. The summed E-state index contributed by atoms with van der Waals surface area (Å²) in [6.45, 7) is 10.7. The zero-order valence-electron chi connectivity index (χ0n) is 27.4. The van der Waals surface area contributed by atoms with E-state index in [1.54, 1.807) is 31.6 Å². The highest BCUT2D eigenvalue weighted by molar-refractivity contribution is 9.10. The maximum atomic E-state index is 12.3. The molecule has 2 aromatic heterocycles. The maximum absolute atomic E-state index is 12.3. The van der Waals surface area contributed by atoms with E-state index >= 15 is 0 Å². The molecule has 4 aromatic rings. The van der Waals surface area contributed by atoms with Crippen molar-refractivity contribution in [2.75, 3.05) is 79.9 Å². The van der Waals surface area contributed by atoms with Crippen LogP contribution in [-0.4, -0.2) is 104 Å². The summed E-state index contributed by atoms with van der Waals surface area (Å²) in [5, 5.41) is 6.53. The molecule has 15 heteroatoms. The summed E-state index contributed by atoms with van der Waals surface area (Å²) in [6, 6.07) is 8.15. The number of ether oxygens (including phenoxy) is 1. The number of aromatic nitrogens is 4. The first-order valence-electron chi connectivity index (χ1n) is 15.9. The quantitative estimate of drug-likeness (QED) is 0.195. The molecule has 2 aromatic carbocycles. The van der Waals surface area contributed by atoms with Gasteiger partial charge in [-0.05, 0) is 79.1 Å². The van der Waals surface area contributed by atoms with Gasteiger partial charge in [-0.1, -0.05) is 12.7 Å². The molecule has 2 aliphatic rings. The number of halogens is 1. The lowest BCUT2D eigenvalue weighted by Gasteiger charge is -2.39. The first-order valence-corrected chi connectivity index (χ1v) is 18.6. The van der Waals surface area contributed by atoms with E-state index in [0.717, 1.165) is 56.5 Å². The topological polar surface area (TPSA) is 141 Å². The second-order valence-electron chi connectivity index (χ2n) is 12.2. The van der Waals surface area contributed by atoms with Crippen molar-refractivity contribution < 1.29 is 13.2 Å². The summed E-state index contributed by atoms with van der Waals surface area (Å²) in [6.07, 6.45) is 11.1. The van der Waals surface area contributed by atoms with Crippen molar-refractivity contribution in [3.63, 3.8) is 0 Å². The molecule has 2 fully saturated rings. The number of fused-ring (bicyclic) bond motifs is 1. The molecule has 2 aliphatic heterocycles. The molecule has 0 spiro atoms. The third-order valence-corrected chi connectivity index (χ3v) is 9.97. The molecule has 0 amide bonds. The van der Waals surface area contributed by atoms with Crippen LogP contribution in [-0.2, 0) is 10.0 Å². The van der Waals surface area contributed by atoms with Crippen molar-refractivity contribution in [1.82, 2.24) is 29.7 Å². The molecule has 2 saturated heterocycles. The van der Waals surface area contributed by atoms with Crippen LogP contribution in [0.2, 0.25) is 0 Å². The highest BCUT2D eigenvalue weighted by atomic mass is 79.9. The molecule has 254 valence electrons. The average molecular weight is 738 g/mol. The van der Waals surface area contributed by atoms with E-state index in [9.17, 15) is 8.42 Å². The normalized spacial score (nSPS) is 16.8. The number of likely N-dealkylation sites (N-methyl/N-ethyl adjacent to an activating group) is 1. The molecule has 0 unspecified atom stereocenters. The number of benzene rings is 2. The molecule has 0 radical (unpaired) electrons. The van der Waals surface area contributed by atoms with E-state index in [2.05, 4.69) is 80.6 Å². The van der Waals surface area contributed by atoms with E-state index in [4.69, 9.17) is 9.72 Å². The summed E-state index contributed by atoms with van der Waals surface area (Å²) >= 11 is 3.52. The number of nitrogens with one attached hydrogen (secondary N) is 3. The van der Waals surface area contributed by atoms with Gasteiger partial charge in [0.1, 0.15) is 17.1 Å². The van der Waals surface area contributed by atoms with Crippen molar-refractivity contribution >= 4 is 77.6 Å². The number of nitrogens with zero attached hydrogens (tertiary/aromatic N) is 7. The number of methoxy groups -OCH3 is 1. The minimum atomic E-state index is -3.62. The largest absolute Gasteiger partial charge is 0.494 e. The van der Waals surface area contributed by atoms with Crippen LogP contribution in [0.15, 0.2) is 53.9 Å². The lowest BCUT2D eigenvalue weighted by molar-refractivity contribution is 0.174. The predicted octanol–water partition coefficient (Wildman–Crippen LogP) is 5.30. The van der Waals surface area contributed by atoms with Crippen molar-refractivity contribution in [3.05, 3.63) is 59.5 Å². The SMILES string of the molecule is C=Cc1cc(Nc2ncc(Br)c(Nc3ccc4nccnc4c3NS(C)(=O)=O)n2)c(OC)cc1N1CCC(N2CCCN(C)CC2)CC1. The van der Waals surface area contributed by atoms with Crippen molar-refractivity contribution in [3.8, 4) is 5.75 Å². The number of piperidine rings is 1. The third-order valence-electron chi connectivity index (χ3n) is 8.82. The fraction of sp³-hybridized carbons (Fsp3) is 0.394. The van der Waals surface area contributed by atoms with Gasteiger partial charge in [-0.25, -0.2) is 13.4 Å². The van der Waals surface area contributed by atoms with E-state index < -0.39 is 10.0 Å². The Morgan fingerprint density at radius 2 is 1.79 bits per heavy atom. The van der Waals surface area contributed by atoms with Crippen LogP contribution >= 0.6 is 15.9 Å². The second-order valence-corrected chi connectivity index (χ2v) is 14.8. The third kappa shape index (κ3) is 7.80. The Bertz CT molecular complexity index is 1900. The monoisotopic (exact) mass is 736 g/mol. The zero-order chi connectivity index (χ0) is 33.8. The van der Waals surface area contributed by atoms with Gasteiger partial charge >= 0.3 is 0 Å². The first-order chi connectivity index (χ1) is 23.1. The Balaban J connectivity index is 1.22. The lowest BCUT2D eigenvalue weighted by Crippen LogP contribution is -2.46. The van der Waals surface area contributed by atoms with Crippen LogP contribution < -0.4 is 25.0 Å². The Morgan fingerprint density at radius 1 is 1.00 bits per heavy atom. The van der Waals surface area contributed by atoms with Crippen LogP contribution in [0, 0.1) is 0 Å². The Hall–Kier alpha value is -4.05. The van der Waals surface area contributed by atoms with E-state index in [1.165, 1.54) is 25.7 Å². The summed E-state index contributed by atoms with van der Waals surface area (Å²) in [5.74, 6) is 1.37. The average Bonchev–Trinajstić information content (AvgIpc) is 3.30.